The lowest BCUT2D eigenvalue weighted by Crippen LogP contribution is -2.38. The van der Waals surface area contributed by atoms with E-state index in [1.807, 2.05) is 38.1 Å². The van der Waals surface area contributed by atoms with Gasteiger partial charge in [-0.25, -0.2) is 4.39 Å². The Morgan fingerprint density at radius 2 is 1.51 bits per heavy atom. The normalized spacial score (nSPS) is 13.0. The van der Waals surface area contributed by atoms with E-state index in [0.29, 0.717) is 17.9 Å². The number of halogens is 1. The third-order valence-electron chi connectivity index (χ3n) is 5.53. The lowest BCUT2D eigenvalue weighted by atomic mass is 10.00. The summed E-state index contributed by atoms with van der Waals surface area (Å²) in [6.07, 6.45) is 2.73. The van der Waals surface area contributed by atoms with E-state index in [2.05, 4.69) is 41.3 Å². The summed E-state index contributed by atoms with van der Waals surface area (Å²) in [5, 5.41) is 0. The van der Waals surface area contributed by atoms with Crippen molar-refractivity contribution < 1.29 is 18.7 Å². The molecule has 3 aromatic carbocycles. The smallest absolute Gasteiger partial charge is 0.134 e. The van der Waals surface area contributed by atoms with Gasteiger partial charge in [-0.2, -0.15) is 0 Å². The summed E-state index contributed by atoms with van der Waals surface area (Å²) < 4.78 is 25.8. The molecular formula is C30H38FNO3. The standard InChI is InChI=1S/C26H28FNO2.C2H4O.C2H6/c27-26-20-24(30-19-16-28-14-17-29-18-15-28)12-13-25(26)23-10-8-22(9-11-23)7-6-21-4-2-1-3-5-21;1-2-3;1-2/h1-5,8-13,20H,6-7,14-19H2;2H,1H3;1-2H3. The van der Waals surface area contributed by atoms with Crippen LogP contribution in [0.15, 0.2) is 72.8 Å². The topological polar surface area (TPSA) is 38.8 Å². The first kappa shape index (κ1) is 28.2. The van der Waals surface area contributed by atoms with Crippen LogP contribution in [0, 0.1) is 5.82 Å². The number of rotatable bonds is 8. The molecule has 0 aliphatic carbocycles. The number of carbonyl (C=O) groups excluding carboxylic acids is 1. The van der Waals surface area contributed by atoms with Crippen LogP contribution in [0.1, 0.15) is 31.9 Å². The molecule has 0 unspecified atom stereocenters. The number of ether oxygens (including phenoxy) is 2. The minimum Gasteiger partial charge on any atom is -0.492 e. The molecule has 1 saturated heterocycles. The molecule has 0 atom stereocenters. The summed E-state index contributed by atoms with van der Waals surface area (Å²) in [5.74, 6) is 0.319. The molecule has 5 heteroatoms. The van der Waals surface area contributed by atoms with E-state index >= 15 is 0 Å². The third kappa shape index (κ3) is 10.0. The van der Waals surface area contributed by atoms with Crippen LogP contribution in [-0.4, -0.2) is 50.6 Å². The molecule has 0 N–H and O–H groups in total. The third-order valence-corrected chi connectivity index (χ3v) is 5.53. The fraction of sp³-hybridized carbons (Fsp3) is 0.367. The van der Waals surface area contributed by atoms with Gasteiger partial charge in [-0.1, -0.05) is 68.4 Å². The second kappa shape index (κ2) is 16.6. The molecule has 1 aliphatic heterocycles. The fourth-order valence-corrected chi connectivity index (χ4v) is 3.72. The molecule has 0 saturated carbocycles. The van der Waals surface area contributed by atoms with Crippen molar-refractivity contribution in [1.82, 2.24) is 4.90 Å². The van der Waals surface area contributed by atoms with Crippen LogP contribution in [0.25, 0.3) is 11.1 Å². The van der Waals surface area contributed by atoms with E-state index in [0.717, 1.165) is 57.5 Å². The maximum absolute atomic E-state index is 14.7. The minimum atomic E-state index is -0.254. The molecule has 0 amide bonds. The van der Waals surface area contributed by atoms with Gasteiger partial charge in [0, 0.05) is 31.3 Å². The van der Waals surface area contributed by atoms with Crippen molar-refractivity contribution in [2.24, 2.45) is 0 Å². The van der Waals surface area contributed by atoms with E-state index in [9.17, 15) is 4.39 Å². The first-order valence-corrected chi connectivity index (χ1v) is 12.4. The second-order valence-corrected chi connectivity index (χ2v) is 7.86. The minimum absolute atomic E-state index is 0.254. The predicted octanol–water partition coefficient (Wildman–Crippen LogP) is 6.22. The monoisotopic (exact) mass is 479 g/mol. The Morgan fingerprint density at radius 3 is 2.11 bits per heavy atom. The number of nitrogens with zero attached hydrogens (tertiary/aromatic N) is 1. The Bertz CT molecular complexity index is 971. The maximum atomic E-state index is 14.7. The lowest BCUT2D eigenvalue weighted by molar-refractivity contribution is -0.106. The van der Waals surface area contributed by atoms with Gasteiger partial charge in [0.25, 0.3) is 0 Å². The predicted molar refractivity (Wildman–Crippen MR) is 142 cm³/mol. The molecule has 0 bridgehead atoms. The van der Waals surface area contributed by atoms with E-state index in [1.165, 1.54) is 24.1 Å². The van der Waals surface area contributed by atoms with Gasteiger partial charge in [-0.15, -0.1) is 0 Å². The van der Waals surface area contributed by atoms with E-state index < -0.39 is 0 Å². The Balaban J connectivity index is 0.000000803. The van der Waals surface area contributed by atoms with Gasteiger partial charge in [-0.3, -0.25) is 4.90 Å². The van der Waals surface area contributed by atoms with Crippen molar-refractivity contribution >= 4 is 6.29 Å². The maximum Gasteiger partial charge on any atom is 0.134 e. The van der Waals surface area contributed by atoms with Crippen LogP contribution >= 0.6 is 0 Å². The molecule has 0 spiro atoms. The van der Waals surface area contributed by atoms with Crippen LogP contribution in [-0.2, 0) is 22.4 Å². The zero-order valence-electron chi connectivity index (χ0n) is 21.2. The Kier molecular flexibility index (Phi) is 13.4. The van der Waals surface area contributed by atoms with Gasteiger partial charge in [-0.05, 0) is 48.6 Å². The number of hydrogen-bond donors (Lipinski definition) is 0. The zero-order valence-corrected chi connectivity index (χ0v) is 21.2. The summed E-state index contributed by atoms with van der Waals surface area (Å²) in [7, 11) is 0. The molecule has 4 nitrogen and oxygen atoms in total. The fourth-order valence-electron chi connectivity index (χ4n) is 3.72. The number of hydrogen-bond acceptors (Lipinski definition) is 4. The van der Waals surface area contributed by atoms with Crippen LogP contribution in [0.3, 0.4) is 0 Å². The van der Waals surface area contributed by atoms with E-state index in [-0.39, 0.29) is 5.82 Å². The van der Waals surface area contributed by atoms with Crippen LogP contribution in [0.2, 0.25) is 0 Å². The Morgan fingerprint density at radius 1 is 0.914 bits per heavy atom. The molecule has 0 aromatic heterocycles. The van der Waals surface area contributed by atoms with E-state index in [1.54, 1.807) is 6.07 Å². The van der Waals surface area contributed by atoms with Gasteiger partial charge in [0.05, 0.1) is 13.2 Å². The van der Waals surface area contributed by atoms with Crippen molar-refractivity contribution in [3.8, 4) is 16.9 Å². The number of benzene rings is 3. The van der Waals surface area contributed by atoms with Gasteiger partial charge >= 0.3 is 0 Å². The highest BCUT2D eigenvalue weighted by molar-refractivity contribution is 5.65. The lowest BCUT2D eigenvalue weighted by Gasteiger charge is -2.26. The van der Waals surface area contributed by atoms with Crippen molar-refractivity contribution in [3.05, 3.63) is 89.7 Å². The SMILES string of the molecule is CC.CC=O.Fc1cc(OCCN2CCOCC2)ccc1-c1ccc(CCc2ccccc2)cc1. The summed E-state index contributed by atoms with van der Waals surface area (Å²) in [4.78, 5) is 11.1. The van der Waals surface area contributed by atoms with Crippen molar-refractivity contribution in [1.29, 1.82) is 0 Å². The molecule has 1 fully saturated rings. The van der Waals surface area contributed by atoms with Crippen molar-refractivity contribution in [2.45, 2.75) is 33.6 Å². The molecule has 3 aromatic rings. The summed E-state index contributed by atoms with van der Waals surface area (Å²) in [6, 6.07) is 23.8. The summed E-state index contributed by atoms with van der Waals surface area (Å²) in [5.41, 5.74) is 4.07. The molecule has 35 heavy (non-hydrogen) atoms. The largest absolute Gasteiger partial charge is 0.492 e. The molecule has 1 aliphatic rings. The molecule has 0 radical (unpaired) electrons. The quantitative estimate of drug-likeness (QED) is 0.360. The molecule has 188 valence electrons. The first-order chi connectivity index (χ1) is 17.2. The molecular weight excluding hydrogens is 441 g/mol. The van der Waals surface area contributed by atoms with Crippen LogP contribution in [0.5, 0.6) is 5.75 Å². The second-order valence-electron chi connectivity index (χ2n) is 7.86. The highest BCUT2D eigenvalue weighted by atomic mass is 19.1. The van der Waals surface area contributed by atoms with Crippen molar-refractivity contribution in [2.75, 3.05) is 39.5 Å². The summed E-state index contributed by atoms with van der Waals surface area (Å²) >= 11 is 0. The van der Waals surface area contributed by atoms with Gasteiger partial charge in [0.15, 0.2) is 0 Å². The average Bonchev–Trinajstić information content (AvgIpc) is 2.91. The number of aldehydes is 1. The molecule has 4 rings (SSSR count). The average molecular weight is 480 g/mol. The van der Waals surface area contributed by atoms with Gasteiger partial charge < -0.3 is 14.3 Å². The van der Waals surface area contributed by atoms with Crippen molar-refractivity contribution in [3.63, 3.8) is 0 Å². The Labute approximate surface area is 209 Å². The highest BCUT2D eigenvalue weighted by Crippen LogP contribution is 2.27. The van der Waals surface area contributed by atoms with Crippen LogP contribution < -0.4 is 4.74 Å². The van der Waals surface area contributed by atoms with Crippen LogP contribution in [0.4, 0.5) is 4.39 Å². The number of morpholine rings is 1. The highest BCUT2D eigenvalue weighted by Gasteiger charge is 2.11. The Hall–Kier alpha value is -3.02. The summed E-state index contributed by atoms with van der Waals surface area (Å²) in [6.45, 7) is 10.2. The number of carbonyl (C=O) groups is 1. The zero-order chi connectivity index (χ0) is 25.3. The molecule has 1 heterocycles. The first-order valence-electron chi connectivity index (χ1n) is 12.4. The van der Waals surface area contributed by atoms with E-state index in [4.69, 9.17) is 14.3 Å². The number of aryl methyl sites for hydroxylation is 2. The van der Waals surface area contributed by atoms with Gasteiger partial charge in [0.1, 0.15) is 24.5 Å². The van der Waals surface area contributed by atoms with Gasteiger partial charge in [0.2, 0.25) is 0 Å².